The lowest BCUT2D eigenvalue weighted by Gasteiger charge is -2.41. The number of fused-ring (bicyclic) bond motifs is 2. The number of carbonyl (C=O) groups is 2. The fraction of sp³-hybridized carbons (Fsp3) is 0.400. The number of hydrogen-bond acceptors (Lipinski definition) is 5. The molecule has 0 radical (unpaired) electrons. The van der Waals surface area contributed by atoms with Crippen LogP contribution < -0.4 is 10.6 Å². The van der Waals surface area contributed by atoms with E-state index in [0.29, 0.717) is 5.69 Å². The molecule has 0 saturated heterocycles. The number of nitrogens with zero attached hydrogens (tertiary/aromatic N) is 2. The summed E-state index contributed by atoms with van der Waals surface area (Å²) in [6.07, 6.45) is 8.79. The van der Waals surface area contributed by atoms with Crippen LogP contribution in [-0.2, 0) is 0 Å². The Morgan fingerprint density at radius 1 is 1.11 bits per heavy atom. The van der Waals surface area contributed by atoms with E-state index in [1.54, 1.807) is 12.3 Å². The molecule has 0 spiro atoms. The van der Waals surface area contributed by atoms with Gasteiger partial charge in [-0.15, -0.1) is 0 Å². The predicted molar refractivity (Wildman–Crippen MR) is 98.1 cm³/mol. The average molecular weight is 368 g/mol. The van der Waals surface area contributed by atoms with Crippen molar-refractivity contribution in [1.29, 1.82) is 0 Å². The predicted octanol–water partition coefficient (Wildman–Crippen LogP) is 3.12. The summed E-state index contributed by atoms with van der Waals surface area (Å²) < 4.78 is 13.0. The third-order valence-electron chi connectivity index (χ3n) is 5.76. The van der Waals surface area contributed by atoms with Gasteiger partial charge < -0.3 is 10.6 Å². The molecule has 0 aromatic carbocycles. The number of amides is 1. The van der Waals surface area contributed by atoms with Crippen LogP contribution in [0.25, 0.3) is 0 Å². The monoisotopic (exact) mass is 368 g/mol. The lowest BCUT2D eigenvalue weighted by molar-refractivity contribution is 0.0873. The van der Waals surface area contributed by atoms with E-state index < -0.39 is 5.82 Å². The number of carbonyl (C=O) groups excluding carboxylic acids is 2. The van der Waals surface area contributed by atoms with Gasteiger partial charge in [-0.05, 0) is 62.8 Å². The molecule has 6 nitrogen and oxygen atoms in total. The van der Waals surface area contributed by atoms with Crippen molar-refractivity contribution in [2.45, 2.75) is 49.6 Å². The second-order valence-corrected chi connectivity index (χ2v) is 7.59. The standard InChI is InChI=1S/C20H21FN4O2/c21-14-4-5-16(23-11-14)18(27)25-20-7-2-6-19(13-20,8-9-20)24-15-3-1-10-22-17(15)12-26/h1,3-5,10-12,24H,2,6-9,13H2,(H,25,27). The smallest absolute Gasteiger partial charge is 0.270 e. The van der Waals surface area contributed by atoms with Crippen LogP contribution in [0.1, 0.15) is 59.5 Å². The zero-order chi connectivity index (χ0) is 18.9. The SMILES string of the molecule is O=Cc1ncccc1NC12CCCC(NC(=O)c3ccc(F)cn3)(CC1)C2. The van der Waals surface area contributed by atoms with E-state index in [1.165, 1.54) is 12.1 Å². The molecule has 2 atom stereocenters. The Labute approximate surface area is 156 Å². The summed E-state index contributed by atoms with van der Waals surface area (Å²) in [6.45, 7) is 0. The number of pyridine rings is 2. The van der Waals surface area contributed by atoms with Gasteiger partial charge in [0.15, 0.2) is 6.29 Å². The Balaban J connectivity index is 1.52. The second kappa shape index (κ2) is 6.72. The Morgan fingerprint density at radius 3 is 2.70 bits per heavy atom. The number of rotatable bonds is 5. The van der Waals surface area contributed by atoms with Crippen LogP contribution in [0.15, 0.2) is 36.7 Å². The van der Waals surface area contributed by atoms with E-state index in [9.17, 15) is 14.0 Å². The molecule has 2 aromatic rings. The van der Waals surface area contributed by atoms with E-state index in [1.807, 2.05) is 6.07 Å². The van der Waals surface area contributed by atoms with Crippen LogP contribution >= 0.6 is 0 Å². The molecule has 2 aromatic heterocycles. The van der Waals surface area contributed by atoms with Gasteiger partial charge in [0.25, 0.3) is 5.91 Å². The minimum Gasteiger partial charge on any atom is -0.378 e. The molecule has 1 amide bonds. The Bertz CT molecular complexity index is 873. The highest BCUT2D eigenvalue weighted by Gasteiger charge is 2.52. The van der Waals surface area contributed by atoms with Crippen molar-refractivity contribution in [3.05, 3.63) is 53.9 Å². The summed E-state index contributed by atoms with van der Waals surface area (Å²) >= 11 is 0. The summed E-state index contributed by atoms with van der Waals surface area (Å²) in [6, 6.07) is 6.31. The zero-order valence-corrected chi connectivity index (χ0v) is 14.9. The number of aromatic nitrogens is 2. The van der Waals surface area contributed by atoms with Crippen molar-refractivity contribution in [2.75, 3.05) is 5.32 Å². The first kappa shape index (κ1) is 17.6. The molecule has 2 saturated carbocycles. The molecule has 4 rings (SSSR count). The molecule has 2 bridgehead atoms. The van der Waals surface area contributed by atoms with Crippen LogP contribution in [0.5, 0.6) is 0 Å². The maximum atomic E-state index is 13.0. The Kier molecular flexibility index (Phi) is 4.37. The van der Waals surface area contributed by atoms with Gasteiger partial charge in [-0.25, -0.2) is 9.37 Å². The number of anilines is 1. The third kappa shape index (κ3) is 3.41. The highest BCUT2D eigenvalue weighted by atomic mass is 19.1. The minimum absolute atomic E-state index is 0.164. The Hall–Kier alpha value is -2.83. The largest absolute Gasteiger partial charge is 0.378 e. The van der Waals surface area contributed by atoms with E-state index in [-0.39, 0.29) is 22.7 Å². The minimum atomic E-state index is -0.464. The molecule has 2 aliphatic carbocycles. The summed E-state index contributed by atoms with van der Waals surface area (Å²) in [5.74, 6) is -0.739. The lowest BCUT2D eigenvalue weighted by Crippen LogP contribution is -2.52. The quantitative estimate of drug-likeness (QED) is 0.792. The van der Waals surface area contributed by atoms with Crippen molar-refractivity contribution in [3.8, 4) is 0 Å². The third-order valence-corrected chi connectivity index (χ3v) is 5.76. The maximum Gasteiger partial charge on any atom is 0.270 e. The zero-order valence-electron chi connectivity index (χ0n) is 14.9. The lowest BCUT2D eigenvalue weighted by atomic mass is 9.78. The molecule has 0 aliphatic heterocycles. The van der Waals surface area contributed by atoms with E-state index in [0.717, 1.165) is 56.7 Å². The average Bonchev–Trinajstić information content (AvgIpc) is 2.92. The van der Waals surface area contributed by atoms with Crippen LogP contribution in [0, 0.1) is 5.82 Å². The number of nitrogens with one attached hydrogen (secondary N) is 2. The van der Waals surface area contributed by atoms with Gasteiger partial charge in [0.05, 0.1) is 11.9 Å². The van der Waals surface area contributed by atoms with E-state index in [4.69, 9.17) is 0 Å². The second-order valence-electron chi connectivity index (χ2n) is 7.59. The van der Waals surface area contributed by atoms with Gasteiger partial charge in [-0.1, -0.05) is 0 Å². The number of hydrogen-bond donors (Lipinski definition) is 2. The van der Waals surface area contributed by atoms with Crippen molar-refractivity contribution < 1.29 is 14.0 Å². The molecule has 2 heterocycles. The van der Waals surface area contributed by atoms with Crippen LogP contribution in [0.3, 0.4) is 0 Å². The first-order chi connectivity index (χ1) is 13.0. The van der Waals surface area contributed by atoms with Crippen molar-refractivity contribution in [2.24, 2.45) is 0 Å². The van der Waals surface area contributed by atoms with Crippen LogP contribution in [0.4, 0.5) is 10.1 Å². The fourth-order valence-electron chi connectivity index (χ4n) is 4.55. The topological polar surface area (TPSA) is 84.0 Å². The Morgan fingerprint density at radius 2 is 1.93 bits per heavy atom. The van der Waals surface area contributed by atoms with Gasteiger partial charge in [-0.2, -0.15) is 0 Å². The molecule has 2 aliphatic rings. The first-order valence-corrected chi connectivity index (χ1v) is 9.16. The molecule has 7 heteroatoms. The first-order valence-electron chi connectivity index (χ1n) is 9.16. The molecule has 27 heavy (non-hydrogen) atoms. The highest BCUT2D eigenvalue weighted by molar-refractivity contribution is 5.92. The van der Waals surface area contributed by atoms with Crippen molar-refractivity contribution in [3.63, 3.8) is 0 Å². The van der Waals surface area contributed by atoms with Gasteiger partial charge in [0.2, 0.25) is 0 Å². The number of aldehydes is 1. The van der Waals surface area contributed by atoms with Gasteiger partial charge in [-0.3, -0.25) is 14.6 Å². The molecule has 2 fully saturated rings. The van der Waals surface area contributed by atoms with E-state index >= 15 is 0 Å². The van der Waals surface area contributed by atoms with Gasteiger partial charge >= 0.3 is 0 Å². The highest BCUT2D eigenvalue weighted by Crippen LogP contribution is 2.49. The van der Waals surface area contributed by atoms with E-state index in [2.05, 4.69) is 20.6 Å². The number of halogens is 1. The van der Waals surface area contributed by atoms with Crippen molar-refractivity contribution in [1.82, 2.24) is 15.3 Å². The van der Waals surface area contributed by atoms with Crippen LogP contribution in [0.2, 0.25) is 0 Å². The normalized spacial score (nSPS) is 26.4. The summed E-state index contributed by atoms with van der Waals surface area (Å²) in [5, 5.41) is 6.69. The summed E-state index contributed by atoms with van der Waals surface area (Å²) in [7, 11) is 0. The van der Waals surface area contributed by atoms with Crippen molar-refractivity contribution >= 4 is 17.9 Å². The fourth-order valence-corrected chi connectivity index (χ4v) is 4.55. The molecule has 2 N–H and O–H groups in total. The van der Waals surface area contributed by atoms with Crippen LogP contribution in [-0.4, -0.2) is 33.2 Å². The summed E-state index contributed by atoms with van der Waals surface area (Å²) in [4.78, 5) is 31.9. The molecular formula is C20H21FN4O2. The molecular weight excluding hydrogens is 347 g/mol. The molecule has 2 unspecified atom stereocenters. The summed E-state index contributed by atoms with van der Waals surface area (Å²) in [5.41, 5.74) is 0.883. The van der Waals surface area contributed by atoms with Gasteiger partial charge in [0.1, 0.15) is 17.2 Å². The van der Waals surface area contributed by atoms with Gasteiger partial charge in [0, 0.05) is 17.3 Å². The maximum absolute atomic E-state index is 13.0. The molecule has 140 valence electrons.